The molecule has 5 heteroatoms. The second kappa shape index (κ2) is 7.82. The first-order valence-corrected chi connectivity index (χ1v) is 7.33. The van der Waals surface area contributed by atoms with Gasteiger partial charge in [-0.3, -0.25) is 4.79 Å². The molecule has 0 saturated heterocycles. The molecule has 0 fully saturated rings. The Balaban J connectivity index is 2.15. The van der Waals surface area contributed by atoms with Crippen molar-refractivity contribution in [2.45, 2.75) is 13.5 Å². The molecule has 2 aromatic carbocycles. The van der Waals surface area contributed by atoms with E-state index in [0.29, 0.717) is 35.2 Å². The molecule has 4 nitrogen and oxygen atoms in total. The molecule has 22 heavy (non-hydrogen) atoms. The maximum Gasteiger partial charge on any atom is 0.259 e. The van der Waals surface area contributed by atoms with Crippen LogP contribution < -0.4 is 10.1 Å². The summed E-state index contributed by atoms with van der Waals surface area (Å²) in [5, 5.41) is 3.37. The van der Waals surface area contributed by atoms with Crippen molar-refractivity contribution in [1.29, 1.82) is 0 Å². The minimum atomic E-state index is -0.248. The number of hydrogen-bond donors (Lipinski definition) is 1. The molecule has 0 unspecified atom stereocenters. The Morgan fingerprint density at radius 3 is 2.77 bits per heavy atom. The van der Waals surface area contributed by atoms with E-state index >= 15 is 0 Å². The van der Waals surface area contributed by atoms with Crippen molar-refractivity contribution in [3.63, 3.8) is 0 Å². The van der Waals surface area contributed by atoms with Crippen LogP contribution in [0.1, 0.15) is 22.8 Å². The Bertz CT molecular complexity index is 658. The molecule has 0 atom stereocenters. The van der Waals surface area contributed by atoms with Gasteiger partial charge in [0.15, 0.2) is 0 Å². The van der Waals surface area contributed by atoms with Crippen LogP contribution in [0.15, 0.2) is 42.5 Å². The maximum absolute atomic E-state index is 12.4. The summed E-state index contributed by atoms with van der Waals surface area (Å²) in [4.78, 5) is 12.4. The first-order valence-electron chi connectivity index (χ1n) is 6.95. The molecule has 2 aromatic rings. The maximum atomic E-state index is 12.4. The SMILES string of the molecule is CCOCc1cccc(NC(=O)c2ccc(Cl)cc2OC)c1. The monoisotopic (exact) mass is 319 g/mol. The first kappa shape index (κ1) is 16.3. The van der Waals surface area contributed by atoms with Gasteiger partial charge in [-0.2, -0.15) is 0 Å². The molecule has 0 bridgehead atoms. The first-order chi connectivity index (χ1) is 10.6. The predicted octanol–water partition coefficient (Wildman–Crippen LogP) is 4.14. The lowest BCUT2D eigenvalue weighted by molar-refractivity contribution is 0.102. The quantitative estimate of drug-likeness (QED) is 0.870. The summed E-state index contributed by atoms with van der Waals surface area (Å²) < 4.78 is 10.6. The standard InChI is InChI=1S/C17H18ClNO3/c1-3-22-11-12-5-4-6-14(9-12)19-17(20)15-8-7-13(18)10-16(15)21-2/h4-10H,3,11H2,1-2H3,(H,19,20). The Morgan fingerprint density at radius 1 is 1.23 bits per heavy atom. The van der Waals surface area contributed by atoms with E-state index in [9.17, 15) is 4.79 Å². The fourth-order valence-corrected chi connectivity index (χ4v) is 2.17. The molecule has 1 N–H and O–H groups in total. The predicted molar refractivity (Wildman–Crippen MR) is 87.7 cm³/mol. The lowest BCUT2D eigenvalue weighted by Gasteiger charge is -2.10. The normalized spacial score (nSPS) is 10.3. The van der Waals surface area contributed by atoms with Gasteiger partial charge in [0.05, 0.1) is 19.3 Å². The number of anilines is 1. The number of ether oxygens (including phenoxy) is 2. The molecule has 0 aliphatic carbocycles. The van der Waals surface area contributed by atoms with Gasteiger partial charge in [-0.25, -0.2) is 0 Å². The van der Waals surface area contributed by atoms with Gasteiger partial charge in [0.1, 0.15) is 5.75 Å². The molecule has 116 valence electrons. The van der Waals surface area contributed by atoms with Crippen LogP contribution in [0.2, 0.25) is 5.02 Å². The second-order valence-electron chi connectivity index (χ2n) is 4.64. The van der Waals surface area contributed by atoms with Crippen LogP contribution in [0.4, 0.5) is 5.69 Å². The summed E-state index contributed by atoms with van der Waals surface area (Å²) in [6.07, 6.45) is 0. The highest BCUT2D eigenvalue weighted by Gasteiger charge is 2.13. The van der Waals surface area contributed by atoms with E-state index in [1.165, 1.54) is 7.11 Å². The van der Waals surface area contributed by atoms with Gasteiger partial charge >= 0.3 is 0 Å². The Kier molecular flexibility index (Phi) is 5.81. The van der Waals surface area contributed by atoms with Gasteiger partial charge in [0.25, 0.3) is 5.91 Å². The Labute approximate surface area is 135 Å². The molecule has 1 amide bonds. The number of rotatable bonds is 6. The van der Waals surface area contributed by atoms with Crippen molar-refractivity contribution in [3.05, 3.63) is 58.6 Å². The molecule has 0 saturated carbocycles. The molecule has 0 aromatic heterocycles. The highest BCUT2D eigenvalue weighted by molar-refractivity contribution is 6.31. The number of carbonyl (C=O) groups is 1. The molecule has 0 aliphatic heterocycles. The van der Waals surface area contributed by atoms with E-state index in [2.05, 4.69) is 5.32 Å². The van der Waals surface area contributed by atoms with Gasteiger partial charge in [0, 0.05) is 17.3 Å². The van der Waals surface area contributed by atoms with Crippen molar-refractivity contribution in [1.82, 2.24) is 0 Å². The number of nitrogens with one attached hydrogen (secondary N) is 1. The molecule has 0 heterocycles. The summed E-state index contributed by atoms with van der Waals surface area (Å²) in [5.74, 6) is 0.192. The highest BCUT2D eigenvalue weighted by atomic mass is 35.5. The van der Waals surface area contributed by atoms with E-state index in [4.69, 9.17) is 21.1 Å². The molecule has 0 aliphatic rings. The highest BCUT2D eigenvalue weighted by Crippen LogP contribution is 2.24. The van der Waals surface area contributed by atoms with E-state index < -0.39 is 0 Å². The zero-order valence-electron chi connectivity index (χ0n) is 12.6. The zero-order valence-corrected chi connectivity index (χ0v) is 13.3. The average molecular weight is 320 g/mol. The topological polar surface area (TPSA) is 47.6 Å². The lowest BCUT2D eigenvalue weighted by atomic mass is 10.1. The zero-order chi connectivity index (χ0) is 15.9. The van der Waals surface area contributed by atoms with E-state index in [1.807, 2.05) is 31.2 Å². The summed E-state index contributed by atoms with van der Waals surface area (Å²) in [5.41, 5.74) is 2.14. The van der Waals surface area contributed by atoms with Gasteiger partial charge in [-0.15, -0.1) is 0 Å². The third-order valence-electron chi connectivity index (χ3n) is 3.07. The minimum Gasteiger partial charge on any atom is -0.496 e. The summed E-state index contributed by atoms with van der Waals surface area (Å²) >= 11 is 5.90. The molecule has 0 radical (unpaired) electrons. The smallest absolute Gasteiger partial charge is 0.259 e. The van der Waals surface area contributed by atoms with E-state index in [1.54, 1.807) is 18.2 Å². The number of halogens is 1. The number of carbonyl (C=O) groups excluding carboxylic acids is 1. The summed E-state index contributed by atoms with van der Waals surface area (Å²) in [6, 6.07) is 12.5. The van der Waals surface area contributed by atoms with Crippen molar-refractivity contribution < 1.29 is 14.3 Å². The van der Waals surface area contributed by atoms with Crippen LogP contribution in [-0.4, -0.2) is 19.6 Å². The van der Waals surface area contributed by atoms with Crippen LogP contribution in [-0.2, 0) is 11.3 Å². The van der Waals surface area contributed by atoms with E-state index in [-0.39, 0.29) is 5.91 Å². The molecular weight excluding hydrogens is 302 g/mol. The fourth-order valence-electron chi connectivity index (χ4n) is 2.01. The third-order valence-corrected chi connectivity index (χ3v) is 3.30. The Hall–Kier alpha value is -2.04. The minimum absolute atomic E-state index is 0.248. The molecule has 2 rings (SSSR count). The lowest BCUT2D eigenvalue weighted by Crippen LogP contribution is -2.13. The van der Waals surface area contributed by atoms with E-state index in [0.717, 1.165) is 5.56 Å². The number of amides is 1. The van der Waals surface area contributed by atoms with Gasteiger partial charge in [-0.05, 0) is 42.8 Å². The number of benzene rings is 2. The van der Waals surface area contributed by atoms with Crippen LogP contribution in [0.5, 0.6) is 5.75 Å². The van der Waals surface area contributed by atoms with Crippen molar-refractivity contribution in [2.24, 2.45) is 0 Å². The average Bonchev–Trinajstić information content (AvgIpc) is 2.53. The van der Waals surface area contributed by atoms with Crippen molar-refractivity contribution in [3.8, 4) is 5.75 Å². The molecule has 0 spiro atoms. The largest absolute Gasteiger partial charge is 0.496 e. The van der Waals surface area contributed by atoms with Crippen LogP contribution in [0.3, 0.4) is 0 Å². The molecular formula is C17H18ClNO3. The van der Waals surface area contributed by atoms with Crippen molar-refractivity contribution >= 4 is 23.2 Å². The van der Waals surface area contributed by atoms with Crippen LogP contribution in [0, 0.1) is 0 Å². The van der Waals surface area contributed by atoms with Crippen LogP contribution in [0.25, 0.3) is 0 Å². The van der Waals surface area contributed by atoms with Gasteiger partial charge < -0.3 is 14.8 Å². The van der Waals surface area contributed by atoms with Crippen LogP contribution >= 0.6 is 11.6 Å². The van der Waals surface area contributed by atoms with Gasteiger partial charge in [-0.1, -0.05) is 23.7 Å². The van der Waals surface area contributed by atoms with Gasteiger partial charge in [0.2, 0.25) is 0 Å². The Morgan fingerprint density at radius 2 is 2.05 bits per heavy atom. The number of hydrogen-bond acceptors (Lipinski definition) is 3. The third kappa shape index (κ3) is 4.23. The fraction of sp³-hybridized carbons (Fsp3) is 0.235. The second-order valence-corrected chi connectivity index (χ2v) is 5.07. The number of methoxy groups -OCH3 is 1. The summed E-state index contributed by atoms with van der Waals surface area (Å²) in [7, 11) is 1.51. The summed E-state index contributed by atoms with van der Waals surface area (Å²) in [6.45, 7) is 3.11. The van der Waals surface area contributed by atoms with Crippen molar-refractivity contribution in [2.75, 3.05) is 19.0 Å².